The van der Waals surface area contributed by atoms with Crippen molar-refractivity contribution < 1.29 is 4.79 Å². The number of rotatable bonds is 6. The molecule has 1 amide bonds. The number of hydrogen-bond acceptors (Lipinski definition) is 6. The first-order valence-electron chi connectivity index (χ1n) is 10.3. The molecule has 2 aromatic heterocycles. The van der Waals surface area contributed by atoms with Crippen molar-refractivity contribution in [3.63, 3.8) is 0 Å². The van der Waals surface area contributed by atoms with Crippen molar-refractivity contribution >= 4 is 17.4 Å². The van der Waals surface area contributed by atoms with Gasteiger partial charge in [0.1, 0.15) is 5.82 Å². The molecule has 2 aromatic rings. The molecule has 4 heterocycles. The highest BCUT2D eigenvalue weighted by molar-refractivity contribution is 5.82. The lowest BCUT2D eigenvalue weighted by atomic mass is 9.96. The summed E-state index contributed by atoms with van der Waals surface area (Å²) in [6.45, 7) is 5.25. The molecule has 0 aromatic carbocycles. The molecule has 0 saturated carbocycles. The van der Waals surface area contributed by atoms with Crippen LogP contribution in [0.1, 0.15) is 17.7 Å². The molecule has 1 fully saturated rings. The number of fused-ring (bicyclic) bond motifs is 2. The fourth-order valence-electron chi connectivity index (χ4n) is 4.19. The molecular formula is C20H31N7O. The van der Waals surface area contributed by atoms with Gasteiger partial charge in [0.05, 0.1) is 17.8 Å². The van der Waals surface area contributed by atoms with Crippen LogP contribution in [0.15, 0.2) is 12.3 Å². The summed E-state index contributed by atoms with van der Waals surface area (Å²) in [5.41, 5.74) is 3.35. The fourth-order valence-corrected chi connectivity index (χ4v) is 4.19. The Morgan fingerprint density at radius 3 is 2.79 bits per heavy atom. The van der Waals surface area contributed by atoms with E-state index in [1.54, 1.807) is 0 Å². The lowest BCUT2D eigenvalue weighted by molar-refractivity contribution is -0.135. The van der Waals surface area contributed by atoms with E-state index in [9.17, 15) is 4.79 Å². The third-order valence-electron chi connectivity index (χ3n) is 5.79. The first-order chi connectivity index (χ1) is 13.5. The van der Waals surface area contributed by atoms with E-state index < -0.39 is 0 Å². The molecule has 0 atom stereocenters. The minimum Gasteiger partial charge on any atom is -0.354 e. The zero-order valence-corrected chi connectivity index (χ0v) is 17.2. The molecule has 0 spiro atoms. The second-order valence-electron chi connectivity index (χ2n) is 8.23. The molecule has 2 aliphatic heterocycles. The highest BCUT2D eigenvalue weighted by atomic mass is 16.2. The maximum atomic E-state index is 12.8. The van der Waals surface area contributed by atoms with Gasteiger partial charge >= 0.3 is 0 Å². The van der Waals surface area contributed by atoms with Gasteiger partial charge in [0.25, 0.3) is 0 Å². The van der Waals surface area contributed by atoms with Crippen LogP contribution in [-0.2, 0) is 17.6 Å². The minimum atomic E-state index is 0.0719. The van der Waals surface area contributed by atoms with Crippen molar-refractivity contribution in [3.05, 3.63) is 23.5 Å². The molecule has 1 saturated heterocycles. The molecule has 152 valence electrons. The highest BCUT2D eigenvalue weighted by Gasteiger charge is 2.37. The van der Waals surface area contributed by atoms with Gasteiger partial charge in [-0.05, 0) is 40.0 Å². The third-order valence-corrected chi connectivity index (χ3v) is 5.79. The molecule has 0 aliphatic carbocycles. The average molecular weight is 386 g/mol. The molecular weight excluding hydrogens is 354 g/mol. The molecule has 4 rings (SSSR count). The van der Waals surface area contributed by atoms with Crippen molar-refractivity contribution in [3.8, 4) is 0 Å². The molecule has 1 N–H and O–H groups in total. The summed E-state index contributed by atoms with van der Waals surface area (Å²) in [5, 5.41) is 7.97. The smallest absolute Gasteiger partial charge is 0.229 e. The monoisotopic (exact) mass is 385 g/mol. The summed E-state index contributed by atoms with van der Waals surface area (Å²) in [6.07, 6.45) is 4.71. The van der Waals surface area contributed by atoms with Crippen LogP contribution in [-0.4, -0.2) is 90.7 Å². The second kappa shape index (κ2) is 8.05. The number of nitrogens with zero attached hydrogens (tertiary/aromatic N) is 6. The first-order valence-corrected chi connectivity index (χ1v) is 10.3. The standard InChI is InChI=1S/C20H31N7O/c1-24(2)11-4-12-25(3)20(28)15-13-26(14-15)19-16-5-8-21-9-6-17(16)23-18-7-10-22-27(18)19/h7,10,15,21H,4-6,8-9,11-14H2,1-3H3. The predicted molar refractivity (Wildman–Crippen MR) is 110 cm³/mol. The van der Waals surface area contributed by atoms with Crippen LogP contribution in [0, 0.1) is 5.92 Å². The van der Waals surface area contributed by atoms with Crippen molar-refractivity contribution in [1.29, 1.82) is 0 Å². The number of aromatic nitrogens is 3. The quantitative estimate of drug-likeness (QED) is 0.770. The first kappa shape index (κ1) is 19.1. The summed E-state index contributed by atoms with van der Waals surface area (Å²) in [7, 11) is 6.06. The van der Waals surface area contributed by atoms with Gasteiger partial charge < -0.3 is 20.0 Å². The van der Waals surface area contributed by atoms with Gasteiger partial charge in [-0.1, -0.05) is 0 Å². The van der Waals surface area contributed by atoms with Gasteiger partial charge in [0, 0.05) is 51.3 Å². The van der Waals surface area contributed by atoms with Crippen molar-refractivity contribution in [2.45, 2.75) is 19.3 Å². The average Bonchev–Trinajstić information content (AvgIpc) is 2.96. The second-order valence-corrected chi connectivity index (χ2v) is 8.23. The van der Waals surface area contributed by atoms with E-state index in [4.69, 9.17) is 4.98 Å². The lowest BCUT2D eigenvalue weighted by Gasteiger charge is -2.42. The largest absolute Gasteiger partial charge is 0.354 e. The van der Waals surface area contributed by atoms with Gasteiger partial charge in [0.15, 0.2) is 5.65 Å². The minimum absolute atomic E-state index is 0.0719. The van der Waals surface area contributed by atoms with Crippen LogP contribution in [0.2, 0.25) is 0 Å². The molecule has 8 nitrogen and oxygen atoms in total. The molecule has 8 heteroatoms. The molecule has 0 bridgehead atoms. The maximum absolute atomic E-state index is 12.8. The molecule has 0 radical (unpaired) electrons. The van der Waals surface area contributed by atoms with E-state index in [0.717, 1.165) is 70.0 Å². The van der Waals surface area contributed by atoms with Crippen LogP contribution in [0.4, 0.5) is 5.82 Å². The van der Waals surface area contributed by atoms with Crippen LogP contribution in [0.25, 0.3) is 5.65 Å². The number of anilines is 1. The fraction of sp³-hybridized carbons (Fsp3) is 0.650. The number of hydrogen-bond donors (Lipinski definition) is 1. The Balaban J connectivity index is 1.47. The topological polar surface area (TPSA) is 69.0 Å². The Labute approximate surface area is 166 Å². The Morgan fingerprint density at radius 1 is 1.21 bits per heavy atom. The highest BCUT2D eigenvalue weighted by Crippen LogP contribution is 2.31. The van der Waals surface area contributed by atoms with E-state index in [-0.39, 0.29) is 11.8 Å². The number of carbonyl (C=O) groups is 1. The summed E-state index contributed by atoms with van der Waals surface area (Å²) in [4.78, 5) is 24.0. The zero-order valence-electron chi connectivity index (χ0n) is 17.2. The van der Waals surface area contributed by atoms with Gasteiger partial charge in [-0.15, -0.1) is 0 Å². The van der Waals surface area contributed by atoms with Crippen molar-refractivity contribution in [1.82, 2.24) is 29.7 Å². The normalized spacial score (nSPS) is 17.5. The SMILES string of the molecule is CN(C)CCCN(C)C(=O)C1CN(c2c3c(nc4ccnn24)CCNCC3)C1. The summed E-state index contributed by atoms with van der Waals surface area (Å²) in [5.74, 6) is 1.46. The Kier molecular flexibility index (Phi) is 5.50. The molecule has 28 heavy (non-hydrogen) atoms. The molecule has 0 unspecified atom stereocenters. The van der Waals surface area contributed by atoms with E-state index in [1.807, 2.05) is 28.7 Å². The van der Waals surface area contributed by atoms with Crippen LogP contribution < -0.4 is 10.2 Å². The Morgan fingerprint density at radius 2 is 2.00 bits per heavy atom. The number of amides is 1. The van der Waals surface area contributed by atoms with Gasteiger partial charge in [0.2, 0.25) is 5.91 Å². The lowest BCUT2D eigenvalue weighted by Crippen LogP contribution is -2.55. The van der Waals surface area contributed by atoms with E-state index >= 15 is 0 Å². The summed E-state index contributed by atoms with van der Waals surface area (Å²) < 4.78 is 1.95. The maximum Gasteiger partial charge on any atom is 0.229 e. The Hall–Kier alpha value is -2.19. The van der Waals surface area contributed by atoms with Crippen molar-refractivity contribution in [2.24, 2.45) is 5.92 Å². The van der Waals surface area contributed by atoms with Gasteiger partial charge in [-0.3, -0.25) is 4.79 Å². The summed E-state index contributed by atoms with van der Waals surface area (Å²) in [6, 6.07) is 1.96. The van der Waals surface area contributed by atoms with Crippen LogP contribution in [0.5, 0.6) is 0 Å². The van der Waals surface area contributed by atoms with E-state index in [0.29, 0.717) is 0 Å². The summed E-state index contributed by atoms with van der Waals surface area (Å²) >= 11 is 0. The van der Waals surface area contributed by atoms with E-state index in [1.165, 1.54) is 11.3 Å². The number of carbonyl (C=O) groups excluding carboxylic acids is 1. The third kappa shape index (κ3) is 3.71. The van der Waals surface area contributed by atoms with E-state index in [2.05, 4.69) is 34.3 Å². The predicted octanol–water partition coefficient (Wildman–Crippen LogP) is 0.264. The van der Waals surface area contributed by atoms with Gasteiger partial charge in [-0.2, -0.15) is 9.61 Å². The van der Waals surface area contributed by atoms with Crippen LogP contribution >= 0.6 is 0 Å². The number of nitrogens with one attached hydrogen (secondary N) is 1. The van der Waals surface area contributed by atoms with Gasteiger partial charge in [-0.25, -0.2) is 4.98 Å². The van der Waals surface area contributed by atoms with Crippen molar-refractivity contribution in [2.75, 3.05) is 65.3 Å². The Bertz CT molecular complexity index is 840. The van der Waals surface area contributed by atoms with Crippen LogP contribution in [0.3, 0.4) is 0 Å². The molecule has 2 aliphatic rings. The zero-order chi connectivity index (χ0) is 19.7.